The second-order valence-electron chi connectivity index (χ2n) is 5.32. The van der Waals surface area contributed by atoms with Crippen molar-refractivity contribution in [1.82, 2.24) is 19.8 Å². The lowest BCUT2D eigenvalue weighted by Gasteiger charge is -2.09. The van der Waals surface area contributed by atoms with Crippen LogP contribution in [0, 0.1) is 19.8 Å². The van der Waals surface area contributed by atoms with Crippen molar-refractivity contribution in [2.24, 2.45) is 5.92 Å². The van der Waals surface area contributed by atoms with E-state index in [1.165, 1.54) is 0 Å². The third-order valence-electron chi connectivity index (χ3n) is 3.02. The summed E-state index contributed by atoms with van der Waals surface area (Å²) in [6.45, 7) is 12.3. The van der Waals surface area contributed by atoms with E-state index in [0.717, 1.165) is 13.1 Å². The van der Waals surface area contributed by atoms with E-state index in [-0.39, 0.29) is 5.92 Å². The molecule has 0 atom stereocenters. The molecule has 20 heavy (non-hydrogen) atoms. The highest BCUT2D eigenvalue weighted by molar-refractivity contribution is 7.89. The van der Waals surface area contributed by atoms with Gasteiger partial charge in [-0.2, -0.15) is 5.10 Å². The fourth-order valence-corrected chi connectivity index (χ4v) is 3.62. The maximum atomic E-state index is 12.3. The molecule has 6 nitrogen and oxygen atoms in total. The molecule has 0 aliphatic heterocycles. The minimum Gasteiger partial charge on any atom is -0.315 e. The van der Waals surface area contributed by atoms with E-state index in [2.05, 4.69) is 15.1 Å². The molecule has 0 bridgehead atoms. The van der Waals surface area contributed by atoms with Crippen LogP contribution in [0.25, 0.3) is 0 Å². The van der Waals surface area contributed by atoms with Crippen molar-refractivity contribution < 1.29 is 8.42 Å². The fraction of sp³-hybridized carbons (Fsp3) is 0.769. The summed E-state index contributed by atoms with van der Waals surface area (Å²) >= 11 is 0. The van der Waals surface area contributed by atoms with Gasteiger partial charge in [-0.15, -0.1) is 0 Å². The summed E-state index contributed by atoms with van der Waals surface area (Å²) in [5, 5.41) is 7.54. The Hall–Kier alpha value is -0.920. The van der Waals surface area contributed by atoms with E-state index >= 15 is 0 Å². The number of hydrogen-bond donors (Lipinski definition) is 2. The monoisotopic (exact) mass is 302 g/mol. The number of nitrogens with one attached hydrogen (secondary N) is 2. The zero-order chi connectivity index (χ0) is 15.3. The van der Waals surface area contributed by atoms with Gasteiger partial charge >= 0.3 is 0 Å². The van der Waals surface area contributed by atoms with Gasteiger partial charge in [-0.3, -0.25) is 4.68 Å². The van der Waals surface area contributed by atoms with E-state index < -0.39 is 10.0 Å². The lowest BCUT2D eigenvalue weighted by molar-refractivity contribution is 0.547. The summed E-state index contributed by atoms with van der Waals surface area (Å²) in [5.41, 5.74) is 1.24. The van der Waals surface area contributed by atoms with Gasteiger partial charge in [0.05, 0.1) is 17.9 Å². The molecule has 1 rings (SSSR count). The van der Waals surface area contributed by atoms with Crippen molar-refractivity contribution in [3.8, 4) is 0 Å². The Labute approximate surface area is 122 Å². The average Bonchev–Trinajstić information content (AvgIpc) is 2.63. The molecule has 0 unspecified atom stereocenters. The molecule has 7 heteroatoms. The van der Waals surface area contributed by atoms with Gasteiger partial charge < -0.3 is 5.32 Å². The van der Waals surface area contributed by atoms with Crippen LogP contribution in [-0.4, -0.2) is 37.8 Å². The average molecular weight is 302 g/mol. The zero-order valence-corrected chi connectivity index (χ0v) is 13.8. The van der Waals surface area contributed by atoms with Crippen LogP contribution in [-0.2, 0) is 16.6 Å². The first-order chi connectivity index (χ1) is 9.29. The van der Waals surface area contributed by atoms with Gasteiger partial charge in [-0.05, 0) is 26.3 Å². The molecule has 1 heterocycles. The van der Waals surface area contributed by atoms with Crippen LogP contribution < -0.4 is 10.0 Å². The lowest BCUT2D eigenvalue weighted by Crippen LogP contribution is -2.28. The number of hydrogen-bond acceptors (Lipinski definition) is 4. The Morgan fingerprint density at radius 1 is 1.30 bits per heavy atom. The topological polar surface area (TPSA) is 76.0 Å². The third kappa shape index (κ3) is 4.29. The highest BCUT2D eigenvalue weighted by Crippen LogP contribution is 2.19. The summed E-state index contributed by atoms with van der Waals surface area (Å²) in [6.07, 6.45) is 0. The van der Waals surface area contributed by atoms with Crippen molar-refractivity contribution in [2.75, 3.05) is 19.6 Å². The van der Waals surface area contributed by atoms with Crippen LogP contribution in [0.4, 0.5) is 0 Å². The van der Waals surface area contributed by atoms with Gasteiger partial charge in [0.2, 0.25) is 10.0 Å². The molecular weight excluding hydrogens is 276 g/mol. The van der Waals surface area contributed by atoms with Gasteiger partial charge in [-0.25, -0.2) is 13.1 Å². The summed E-state index contributed by atoms with van der Waals surface area (Å²) in [5.74, 6) is 0.272. The quantitative estimate of drug-likeness (QED) is 0.704. The van der Waals surface area contributed by atoms with Gasteiger partial charge in [0.1, 0.15) is 4.90 Å². The first kappa shape index (κ1) is 17.1. The van der Waals surface area contributed by atoms with Gasteiger partial charge in [0, 0.05) is 13.1 Å². The SMILES string of the molecule is CCNCCn1nc(C)c(S(=O)(=O)NCC(C)C)c1C. The van der Waals surface area contributed by atoms with Crippen LogP contribution >= 0.6 is 0 Å². The molecular formula is C13H26N4O2S. The molecule has 1 aromatic rings. The van der Waals surface area contributed by atoms with E-state index in [0.29, 0.717) is 29.4 Å². The summed E-state index contributed by atoms with van der Waals surface area (Å²) in [6, 6.07) is 0. The zero-order valence-electron chi connectivity index (χ0n) is 13.0. The van der Waals surface area contributed by atoms with Crippen molar-refractivity contribution in [1.29, 1.82) is 0 Å². The molecule has 0 fully saturated rings. The molecule has 0 amide bonds. The molecule has 0 spiro atoms. The lowest BCUT2D eigenvalue weighted by atomic mass is 10.2. The standard InChI is InChI=1S/C13H26N4O2S/c1-6-14-7-8-17-12(5)13(11(4)16-17)20(18,19)15-9-10(2)3/h10,14-15H,6-9H2,1-5H3. The van der Waals surface area contributed by atoms with Crippen LogP contribution in [0.15, 0.2) is 4.90 Å². The summed E-state index contributed by atoms with van der Waals surface area (Å²) < 4.78 is 29.1. The van der Waals surface area contributed by atoms with Crippen molar-refractivity contribution in [3.05, 3.63) is 11.4 Å². The molecule has 0 aliphatic carbocycles. The normalized spacial score (nSPS) is 12.3. The van der Waals surface area contributed by atoms with Gasteiger partial charge in [-0.1, -0.05) is 20.8 Å². The first-order valence-corrected chi connectivity index (χ1v) is 8.52. The van der Waals surface area contributed by atoms with Crippen LogP contribution in [0.5, 0.6) is 0 Å². The van der Waals surface area contributed by atoms with Crippen LogP contribution in [0.1, 0.15) is 32.2 Å². The number of aromatic nitrogens is 2. The predicted molar refractivity (Wildman–Crippen MR) is 80.3 cm³/mol. The summed E-state index contributed by atoms with van der Waals surface area (Å²) in [7, 11) is -3.48. The largest absolute Gasteiger partial charge is 0.315 e. The van der Waals surface area contributed by atoms with Gasteiger partial charge in [0.15, 0.2) is 0 Å². The minimum atomic E-state index is -3.48. The Bertz CT molecular complexity index is 535. The van der Waals surface area contributed by atoms with Crippen LogP contribution in [0.3, 0.4) is 0 Å². The molecule has 0 radical (unpaired) electrons. The molecule has 116 valence electrons. The molecule has 2 N–H and O–H groups in total. The number of rotatable bonds is 8. The smallest absolute Gasteiger partial charge is 0.244 e. The van der Waals surface area contributed by atoms with E-state index in [4.69, 9.17) is 0 Å². The Kier molecular flexibility index (Phi) is 6.16. The Morgan fingerprint density at radius 3 is 2.50 bits per heavy atom. The van der Waals surface area contributed by atoms with Gasteiger partial charge in [0.25, 0.3) is 0 Å². The first-order valence-electron chi connectivity index (χ1n) is 7.04. The highest BCUT2D eigenvalue weighted by atomic mass is 32.2. The molecule has 0 saturated heterocycles. The van der Waals surface area contributed by atoms with Crippen molar-refractivity contribution in [2.45, 2.75) is 46.1 Å². The van der Waals surface area contributed by atoms with Crippen molar-refractivity contribution >= 4 is 10.0 Å². The fourth-order valence-electron chi connectivity index (χ4n) is 2.00. The maximum Gasteiger partial charge on any atom is 0.244 e. The second-order valence-corrected chi connectivity index (χ2v) is 7.03. The number of sulfonamides is 1. The Morgan fingerprint density at radius 2 is 1.95 bits per heavy atom. The predicted octanol–water partition coefficient (Wildman–Crippen LogP) is 1.04. The van der Waals surface area contributed by atoms with E-state index in [9.17, 15) is 8.42 Å². The molecule has 0 aromatic carbocycles. The number of likely N-dealkylation sites (N-methyl/N-ethyl adjacent to an activating group) is 1. The van der Waals surface area contributed by atoms with E-state index in [1.807, 2.05) is 20.8 Å². The molecule has 1 aromatic heterocycles. The molecule has 0 aliphatic rings. The third-order valence-corrected chi connectivity index (χ3v) is 4.69. The van der Waals surface area contributed by atoms with Crippen LogP contribution in [0.2, 0.25) is 0 Å². The second kappa shape index (κ2) is 7.19. The minimum absolute atomic E-state index is 0.272. The number of aryl methyl sites for hydroxylation is 1. The highest BCUT2D eigenvalue weighted by Gasteiger charge is 2.24. The summed E-state index contributed by atoms with van der Waals surface area (Å²) in [4.78, 5) is 0.314. The Balaban J connectivity index is 2.95. The number of nitrogens with zero attached hydrogens (tertiary/aromatic N) is 2. The van der Waals surface area contributed by atoms with Crippen molar-refractivity contribution in [3.63, 3.8) is 0 Å². The van der Waals surface area contributed by atoms with E-state index in [1.54, 1.807) is 18.5 Å². The molecule has 0 saturated carbocycles. The maximum absolute atomic E-state index is 12.3.